The number of pyridine rings is 1. The Labute approximate surface area is 91.3 Å². The van der Waals surface area contributed by atoms with Gasteiger partial charge in [-0.25, -0.2) is 0 Å². The van der Waals surface area contributed by atoms with Gasteiger partial charge in [0, 0.05) is 17.6 Å². The number of fused-ring (bicyclic) bond motifs is 1. The molecular formula is C12H9N3O. The van der Waals surface area contributed by atoms with Crippen LogP contribution in [-0.4, -0.2) is 14.6 Å². The maximum Gasteiger partial charge on any atom is 0.271 e. The van der Waals surface area contributed by atoms with Gasteiger partial charge in [0.2, 0.25) is 0 Å². The molecule has 0 aliphatic carbocycles. The van der Waals surface area contributed by atoms with E-state index in [1.54, 1.807) is 24.5 Å². The van der Waals surface area contributed by atoms with E-state index in [2.05, 4.69) is 5.10 Å². The molecular weight excluding hydrogens is 202 g/mol. The van der Waals surface area contributed by atoms with Gasteiger partial charge in [0.25, 0.3) is 5.56 Å². The Kier molecular flexibility index (Phi) is 1.86. The van der Waals surface area contributed by atoms with E-state index in [0.29, 0.717) is 0 Å². The quantitative estimate of drug-likeness (QED) is 0.612. The zero-order chi connectivity index (χ0) is 11.0. The molecule has 3 rings (SSSR count). The molecule has 0 amide bonds. The zero-order valence-corrected chi connectivity index (χ0v) is 8.45. The monoisotopic (exact) mass is 211 g/mol. The Morgan fingerprint density at radius 2 is 1.88 bits per heavy atom. The lowest BCUT2D eigenvalue weighted by Gasteiger charge is -2.08. The van der Waals surface area contributed by atoms with Crippen LogP contribution in [0.2, 0.25) is 0 Å². The van der Waals surface area contributed by atoms with Gasteiger partial charge in [0.15, 0.2) is 0 Å². The van der Waals surface area contributed by atoms with Crippen molar-refractivity contribution < 1.29 is 0 Å². The summed E-state index contributed by atoms with van der Waals surface area (Å²) in [6.45, 7) is 0. The molecule has 0 unspecified atom stereocenters. The minimum absolute atomic E-state index is 0.0950. The predicted octanol–water partition coefficient (Wildman–Crippen LogP) is 1.51. The molecule has 2 heterocycles. The number of nitrogens with zero attached hydrogens (tertiary/aromatic N) is 3. The highest BCUT2D eigenvalue weighted by atomic mass is 16.1. The van der Waals surface area contributed by atoms with Crippen molar-refractivity contribution in [2.45, 2.75) is 0 Å². The molecule has 0 radical (unpaired) electrons. The van der Waals surface area contributed by atoms with Crippen LogP contribution in [0.4, 0.5) is 0 Å². The van der Waals surface area contributed by atoms with Crippen LogP contribution in [-0.2, 0) is 0 Å². The fourth-order valence-corrected chi connectivity index (χ4v) is 1.76. The lowest BCUT2D eigenvalue weighted by atomic mass is 10.2. The second kappa shape index (κ2) is 3.34. The van der Waals surface area contributed by atoms with E-state index in [4.69, 9.17) is 0 Å². The molecule has 0 fully saturated rings. The molecule has 2 aromatic heterocycles. The fraction of sp³-hybridized carbons (Fsp3) is 0. The second-order valence-corrected chi connectivity index (χ2v) is 3.47. The molecule has 0 atom stereocenters. The molecule has 3 aromatic rings. The van der Waals surface area contributed by atoms with Crippen molar-refractivity contribution in [2.24, 2.45) is 0 Å². The van der Waals surface area contributed by atoms with Gasteiger partial charge in [-0.05, 0) is 18.2 Å². The zero-order valence-electron chi connectivity index (χ0n) is 8.45. The average Bonchev–Trinajstić information content (AvgIpc) is 2.82. The third kappa shape index (κ3) is 1.24. The van der Waals surface area contributed by atoms with Crippen molar-refractivity contribution in [1.29, 1.82) is 0 Å². The van der Waals surface area contributed by atoms with Crippen molar-refractivity contribution in [3.05, 3.63) is 65.2 Å². The molecule has 0 saturated carbocycles. The van der Waals surface area contributed by atoms with Gasteiger partial charge >= 0.3 is 0 Å². The van der Waals surface area contributed by atoms with Gasteiger partial charge < -0.3 is 0 Å². The molecule has 0 aliphatic rings. The fourth-order valence-electron chi connectivity index (χ4n) is 1.76. The van der Waals surface area contributed by atoms with Crippen LogP contribution in [0.15, 0.2) is 59.7 Å². The second-order valence-electron chi connectivity index (χ2n) is 3.47. The summed E-state index contributed by atoms with van der Waals surface area (Å²) in [6.07, 6.45) is 3.39. The first kappa shape index (κ1) is 8.91. The highest BCUT2D eigenvalue weighted by Crippen LogP contribution is 2.10. The normalized spacial score (nSPS) is 10.8. The maximum atomic E-state index is 11.8. The maximum absolute atomic E-state index is 11.8. The third-order valence-electron chi connectivity index (χ3n) is 2.47. The van der Waals surface area contributed by atoms with E-state index in [1.165, 1.54) is 9.47 Å². The first-order valence-corrected chi connectivity index (χ1v) is 4.97. The number of hydrogen-bond acceptors (Lipinski definition) is 2. The van der Waals surface area contributed by atoms with Crippen molar-refractivity contribution in [2.75, 3.05) is 0 Å². The number of para-hydroxylation sites is 1. The molecule has 0 spiro atoms. The Hall–Kier alpha value is -2.36. The van der Waals surface area contributed by atoms with Gasteiger partial charge in [0.05, 0.1) is 11.7 Å². The largest absolute Gasteiger partial charge is 0.271 e. The molecule has 0 aliphatic heterocycles. The molecule has 16 heavy (non-hydrogen) atoms. The summed E-state index contributed by atoms with van der Waals surface area (Å²) in [4.78, 5) is 13.4. The molecule has 0 N–H and O–H groups in total. The SMILES string of the molecule is O=c1ccc2ccccc2n1-n1cccn1. The molecule has 4 heteroatoms. The number of aromatic nitrogens is 3. The van der Waals surface area contributed by atoms with Crippen molar-refractivity contribution >= 4 is 10.9 Å². The number of benzene rings is 1. The minimum Gasteiger partial charge on any atom is -0.267 e. The summed E-state index contributed by atoms with van der Waals surface area (Å²) in [5.41, 5.74) is 0.751. The summed E-state index contributed by atoms with van der Waals surface area (Å²) in [6, 6.07) is 12.9. The summed E-state index contributed by atoms with van der Waals surface area (Å²) in [5, 5.41) is 5.09. The van der Waals surface area contributed by atoms with E-state index in [9.17, 15) is 4.79 Å². The Morgan fingerprint density at radius 1 is 1.00 bits per heavy atom. The van der Waals surface area contributed by atoms with E-state index in [-0.39, 0.29) is 5.56 Å². The smallest absolute Gasteiger partial charge is 0.267 e. The summed E-state index contributed by atoms with van der Waals surface area (Å²) >= 11 is 0. The van der Waals surface area contributed by atoms with Gasteiger partial charge in [-0.1, -0.05) is 18.2 Å². The van der Waals surface area contributed by atoms with Gasteiger partial charge in [-0.15, -0.1) is 0 Å². The molecule has 4 nitrogen and oxygen atoms in total. The topological polar surface area (TPSA) is 39.8 Å². The average molecular weight is 211 g/mol. The predicted molar refractivity (Wildman–Crippen MR) is 61.2 cm³/mol. The van der Waals surface area contributed by atoms with E-state index >= 15 is 0 Å². The van der Waals surface area contributed by atoms with Crippen LogP contribution in [0.1, 0.15) is 0 Å². The highest BCUT2D eigenvalue weighted by Gasteiger charge is 2.03. The summed E-state index contributed by atoms with van der Waals surface area (Å²) in [7, 11) is 0. The molecule has 78 valence electrons. The Morgan fingerprint density at radius 3 is 2.69 bits per heavy atom. The number of hydrogen-bond donors (Lipinski definition) is 0. The van der Waals surface area contributed by atoms with Crippen molar-refractivity contribution in [3.63, 3.8) is 0 Å². The lowest BCUT2D eigenvalue weighted by molar-refractivity contribution is 0.574. The molecule has 0 saturated heterocycles. The highest BCUT2D eigenvalue weighted by molar-refractivity contribution is 5.78. The first-order valence-electron chi connectivity index (χ1n) is 4.97. The molecule has 1 aromatic carbocycles. The van der Waals surface area contributed by atoms with Gasteiger partial charge in [-0.2, -0.15) is 14.6 Å². The van der Waals surface area contributed by atoms with Crippen LogP contribution >= 0.6 is 0 Å². The van der Waals surface area contributed by atoms with Crippen LogP contribution in [0, 0.1) is 0 Å². The first-order chi connectivity index (χ1) is 7.86. The van der Waals surface area contributed by atoms with Crippen LogP contribution < -0.4 is 5.56 Å². The lowest BCUT2D eigenvalue weighted by Crippen LogP contribution is -2.25. The Bertz CT molecular complexity index is 683. The standard InChI is InChI=1S/C12H9N3O/c16-12-7-6-10-4-1-2-5-11(10)15(12)14-9-3-8-13-14/h1-9H. The van der Waals surface area contributed by atoms with E-state index in [0.717, 1.165) is 10.9 Å². The minimum atomic E-state index is -0.0950. The van der Waals surface area contributed by atoms with Crippen LogP contribution in [0.3, 0.4) is 0 Å². The Balaban J connectivity index is 2.47. The molecule has 0 bridgehead atoms. The summed E-state index contributed by atoms with van der Waals surface area (Å²) < 4.78 is 1.54. The van der Waals surface area contributed by atoms with Crippen LogP contribution in [0.25, 0.3) is 10.9 Å². The third-order valence-corrected chi connectivity index (χ3v) is 2.47. The van der Waals surface area contributed by atoms with Crippen molar-refractivity contribution in [3.8, 4) is 0 Å². The number of rotatable bonds is 1. The van der Waals surface area contributed by atoms with E-state index in [1.807, 2.05) is 30.3 Å². The van der Waals surface area contributed by atoms with Gasteiger partial charge in [-0.3, -0.25) is 4.79 Å². The van der Waals surface area contributed by atoms with Crippen LogP contribution in [0.5, 0.6) is 0 Å². The van der Waals surface area contributed by atoms with Crippen molar-refractivity contribution in [1.82, 2.24) is 14.6 Å². The van der Waals surface area contributed by atoms with E-state index < -0.39 is 0 Å². The summed E-state index contributed by atoms with van der Waals surface area (Å²) in [5.74, 6) is 0. The van der Waals surface area contributed by atoms with Gasteiger partial charge in [0.1, 0.15) is 0 Å².